The summed E-state index contributed by atoms with van der Waals surface area (Å²) >= 11 is 0. The Hall–Kier alpha value is -3.48. The van der Waals surface area contributed by atoms with Crippen molar-refractivity contribution in [2.24, 2.45) is 0 Å². The average molecular weight is 353 g/mol. The Labute approximate surface area is 149 Å². The van der Waals surface area contributed by atoms with Crippen LogP contribution < -0.4 is 4.74 Å². The second kappa shape index (κ2) is 6.79. The van der Waals surface area contributed by atoms with Gasteiger partial charge in [-0.2, -0.15) is 0 Å². The van der Waals surface area contributed by atoms with Gasteiger partial charge in [-0.25, -0.2) is 9.59 Å². The molecule has 0 radical (unpaired) electrons. The summed E-state index contributed by atoms with van der Waals surface area (Å²) in [5, 5.41) is 0. The molecule has 0 saturated heterocycles. The molecular weight excluding hydrogens is 338 g/mol. The van der Waals surface area contributed by atoms with E-state index in [0.29, 0.717) is 5.56 Å². The second-order valence-electron chi connectivity index (χ2n) is 5.64. The first-order valence-electron chi connectivity index (χ1n) is 7.81. The molecular formula is C19H15NO6. The molecule has 0 aromatic heterocycles. The molecule has 0 N–H and O–H groups in total. The minimum atomic E-state index is -1.09. The van der Waals surface area contributed by atoms with Gasteiger partial charge in [-0.15, -0.1) is 0 Å². The summed E-state index contributed by atoms with van der Waals surface area (Å²) in [7, 11) is 1.26. The molecule has 2 amide bonds. The normalized spacial score (nSPS) is 14.0. The van der Waals surface area contributed by atoms with Gasteiger partial charge in [0, 0.05) is 0 Å². The van der Waals surface area contributed by atoms with Gasteiger partial charge in [-0.1, -0.05) is 12.1 Å². The maximum atomic E-state index is 12.4. The van der Waals surface area contributed by atoms with E-state index in [4.69, 9.17) is 4.74 Å². The van der Waals surface area contributed by atoms with Gasteiger partial charge in [-0.05, 0) is 43.3 Å². The molecule has 1 heterocycles. The Morgan fingerprint density at radius 3 is 1.96 bits per heavy atom. The average Bonchev–Trinajstić information content (AvgIpc) is 2.92. The van der Waals surface area contributed by atoms with Crippen molar-refractivity contribution in [1.82, 2.24) is 4.90 Å². The van der Waals surface area contributed by atoms with Crippen molar-refractivity contribution in [2.75, 3.05) is 7.11 Å². The van der Waals surface area contributed by atoms with Crippen LogP contribution in [0.15, 0.2) is 48.5 Å². The largest absolute Gasteiger partial charge is 0.465 e. The maximum absolute atomic E-state index is 12.4. The van der Waals surface area contributed by atoms with E-state index in [1.807, 2.05) is 0 Å². The summed E-state index contributed by atoms with van der Waals surface area (Å²) < 4.78 is 9.80. The highest BCUT2D eigenvalue weighted by Crippen LogP contribution is 2.25. The molecule has 0 spiro atoms. The zero-order valence-electron chi connectivity index (χ0n) is 14.1. The number of ether oxygens (including phenoxy) is 2. The molecule has 0 saturated carbocycles. The van der Waals surface area contributed by atoms with E-state index in [9.17, 15) is 19.2 Å². The summed E-state index contributed by atoms with van der Waals surface area (Å²) in [6.45, 7) is 1.42. The summed E-state index contributed by atoms with van der Waals surface area (Å²) in [6, 6.07) is 11.0. The fraction of sp³-hybridized carbons (Fsp3) is 0.158. The van der Waals surface area contributed by atoms with Crippen LogP contribution in [0.25, 0.3) is 0 Å². The van der Waals surface area contributed by atoms with E-state index < -0.39 is 29.8 Å². The zero-order chi connectivity index (χ0) is 18.8. The molecule has 0 aliphatic carbocycles. The van der Waals surface area contributed by atoms with Gasteiger partial charge in [0.25, 0.3) is 11.8 Å². The highest BCUT2D eigenvalue weighted by Gasteiger charge is 2.41. The van der Waals surface area contributed by atoms with E-state index in [2.05, 4.69) is 4.74 Å². The predicted molar refractivity (Wildman–Crippen MR) is 89.8 cm³/mol. The minimum absolute atomic E-state index is 0.186. The van der Waals surface area contributed by atoms with Crippen LogP contribution in [0.1, 0.15) is 38.0 Å². The molecule has 7 heteroatoms. The Morgan fingerprint density at radius 2 is 1.46 bits per heavy atom. The van der Waals surface area contributed by atoms with E-state index in [1.54, 1.807) is 24.3 Å². The fourth-order valence-electron chi connectivity index (χ4n) is 2.64. The van der Waals surface area contributed by atoms with Crippen molar-refractivity contribution in [3.63, 3.8) is 0 Å². The number of esters is 2. The van der Waals surface area contributed by atoms with Crippen LogP contribution in [0.3, 0.4) is 0 Å². The van der Waals surface area contributed by atoms with E-state index in [1.165, 1.54) is 38.3 Å². The molecule has 1 aliphatic heterocycles. The molecule has 1 aliphatic rings. The molecule has 0 fully saturated rings. The minimum Gasteiger partial charge on any atom is -0.465 e. The molecule has 3 rings (SSSR count). The lowest BCUT2D eigenvalue weighted by molar-refractivity contribution is -0.138. The SMILES string of the molecule is COC(=O)c1ccc(OC(=O)C(C)N2C(=O)c3ccccc3C2=O)cc1. The van der Waals surface area contributed by atoms with Crippen LogP contribution in [-0.4, -0.2) is 41.8 Å². The third kappa shape index (κ3) is 2.95. The van der Waals surface area contributed by atoms with E-state index in [-0.39, 0.29) is 16.9 Å². The van der Waals surface area contributed by atoms with Crippen LogP contribution in [0.5, 0.6) is 5.75 Å². The lowest BCUT2D eigenvalue weighted by atomic mass is 10.1. The molecule has 26 heavy (non-hydrogen) atoms. The van der Waals surface area contributed by atoms with Gasteiger partial charge >= 0.3 is 11.9 Å². The summed E-state index contributed by atoms with van der Waals surface area (Å²) in [5.41, 5.74) is 0.833. The van der Waals surface area contributed by atoms with Crippen LogP contribution in [0.4, 0.5) is 0 Å². The maximum Gasteiger partial charge on any atom is 0.337 e. The van der Waals surface area contributed by atoms with Crippen molar-refractivity contribution in [2.45, 2.75) is 13.0 Å². The van der Waals surface area contributed by atoms with Crippen molar-refractivity contribution in [3.8, 4) is 5.75 Å². The van der Waals surface area contributed by atoms with Gasteiger partial charge < -0.3 is 9.47 Å². The van der Waals surface area contributed by atoms with Gasteiger partial charge in [0.2, 0.25) is 0 Å². The Morgan fingerprint density at radius 1 is 0.923 bits per heavy atom. The number of methoxy groups -OCH3 is 1. The number of carbonyl (C=O) groups is 4. The number of nitrogens with zero attached hydrogens (tertiary/aromatic N) is 1. The zero-order valence-corrected chi connectivity index (χ0v) is 14.1. The fourth-order valence-corrected chi connectivity index (χ4v) is 2.64. The van der Waals surface area contributed by atoms with Crippen LogP contribution in [-0.2, 0) is 9.53 Å². The third-order valence-corrected chi connectivity index (χ3v) is 4.05. The number of hydrogen-bond donors (Lipinski definition) is 0. The standard InChI is InChI=1S/C19H15NO6/c1-11(20-16(21)14-5-3-4-6-15(14)17(20)22)18(23)26-13-9-7-12(8-10-13)19(24)25-2/h3-11H,1-2H3. The van der Waals surface area contributed by atoms with Gasteiger partial charge in [0.1, 0.15) is 11.8 Å². The number of carbonyl (C=O) groups excluding carboxylic acids is 4. The highest BCUT2D eigenvalue weighted by atomic mass is 16.5. The van der Waals surface area contributed by atoms with Crippen molar-refractivity contribution >= 4 is 23.8 Å². The number of rotatable bonds is 4. The molecule has 1 unspecified atom stereocenters. The molecule has 2 aromatic rings. The predicted octanol–water partition coefficient (Wildman–Crippen LogP) is 2.06. The number of fused-ring (bicyclic) bond motifs is 1. The first-order valence-corrected chi connectivity index (χ1v) is 7.81. The lowest BCUT2D eigenvalue weighted by Gasteiger charge is -2.20. The van der Waals surface area contributed by atoms with E-state index >= 15 is 0 Å². The lowest BCUT2D eigenvalue weighted by Crippen LogP contribution is -2.44. The highest BCUT2D eigenvalue weighted by molar-refractivity contribution is 6.22. The van der Waals surface area contributed by atoms with Crippen LogP contribution in [0.2, 0.25) is 0 Å². The summed E-state index contributed by atoms with van der Waals surface area (Å²) in [5.74, 6) is -2.15. The van der Waals surface area contributed by atoms with Gasteiger partial charge in [0.15, 0.2) is 0 Å². The molecule has 1 atom stereocenters. The van der Waals surface area contributed by atoms with Crippen molar-refractivity contribution in [3.05, 3.63) is 65.2 Å². The Bertz CT molecular complexity index is 868. The number of benzene rings is 2. The monoisotopic (exact) mass is 353 g/mol. The number of amides is 2. The molecule has 2 aromatic carbocycles. The molecule has 0 bridgehead atoms. The van der Waals surface area contributed by atoms with Crippen molar-refractivity contribution in [1.29, 1.82) is 0 Å². The van der Waals surface area contributed by atoms with E-state index in [0.717, 1.165) is 4.90 Å². The number of hydrogen-bond acceptors (Lipinski definition) is 6. The first-order chi connectivity index (χ1) is 12.4. The molecule has 7 nitrogen and oxygen atoms in total. The van der Waals surface area contributed by atoms with Crippen molar-refractivity contribution < 1.29 is 28.7 Å². The Kier molecular flexibility index (Phi) is 4.53. The quantitative estimate of drug-likeness (QED) is 0.475. The van der Waals surface area contributed by atoms with Crippen LogP contribution in [0, 0.1) is 0 Å². The first kappa shape index (κ1) is 17.3. The Balaban J connectivity index is 1.74. The second-order valence-corrected chi connectivity index (χ2v) is 5.64. The van der Waals surface area contributed by atoms with Gasteiger partial charge in [0.05, 0.1) is 23.8 Å². The topological polar surface area (TPSA) is 90.0 Å². The van der Waals surface area contributed by atoms with Crippen LogP contribution >= 0.6 is 0 Å². The van der Waals surface area contributed by atoms with Gasteiger partial charge in [-0.3, -0.25) is 14.5 Å². The third-order valence-electron chi connectivity index (χ3n) is 4.05. The number of imide groups is 1. The summed E-state index contributed by atoms with van der Waals surface area (Å²) in [4.78, 5) is 49.4. The molecule has 132 valence electrons. The summed E-state index contributed by atoms with van der Waals surface area (Å²) in [6.07, 6.45) is 0. The smallest absolute Gasteiger partial charge is 0.337 e.